The molecule has 135 heavy (non-hydrogen) atoms. The standard InChI is InChI=1S/2C16H18BNO4S.C15H18BN3O4.C14H16BNO4S2.C12H16BN5O4.C10H13BF2N2O5S.CH4/c1-11(19)12-4-5-14(18-10-12)7-13(17(21)22)8-15(20)9-16-3-2-6-23-16;1-11(19)12-4-5-18-14(7-12)8-13(17(21)22)9-15(20)10-16-3-2-6-23-16;1-11(20)13-8-17-19(9-13)10-14(16(22)23)18-15(21)7-12-5-3-2-4-6-12;1-9(17)13-8-22-14(16-13)6-10(15(19)20)5-11(18)7-12-3-2-4-21-12;1-7(19)11-3-2-9(14-11)4-8(13(21)22)5-10(20)6-12-15-17-18-16-12;12-10(13)21-4-8(16)15-7(11(19)20)3-5-1-2-6(14-5)9(17)18;/h2-6,10,13,19,21-22H,1,7-9H2;2-7,13,21-22H,8-10H2,1H3;2-6,8-9,14,22-23H,7,10H2,1H3,(H,18,21);2-4,8,10,19-20H,5-7H2,1H3;2-3,8,14,21-22H,4-6H2,1H3,(H,15,16,17,18);1-2,7,10,14,19-20H,3-4H2,(H,15,16)(H,17,18);1H4/t2*13-;14-;10-;8-;7-;/m111111./s1. The summed E-state index contributed by atoms with van der Waals surface area (Å²) in [7, 11) is -10.1. The highest BCUT2D eigenvalue weighted by atomic mass is 32.2. The molecular weight excluding hydrogens is 1850 g/mol. The number of aromatic amines is 3. The Bertz CT molecular complexity index is 5400. The van der Waals surface area contributed by atoms with Crippen LogP contribution in [0, 0.1) is 0 Å². The third kappa shape index (κ3) is 43.8. The van der Waals surface area contributed by atoms with Crippen molar-refractivity contribution in [3.63, 3.8) is 0 Å². The number of tetrazole rings is 1. The van der Waals surface area contributed by atoms with Gasteiger partial charge in [-0.05, 0) is 122 Å². The summed E-state index contributed by atoms with van der Waals surface area (Å²) in [5, 5.41) is 161. The molecule has 0 radical (unpaired) electrons. The SMILES string of the molecule is C.C=C(O)c1ccc(C[C@H](CC(=O)Cc2cccs2)B(O)O)nc1.CC(=O)c1ccc(C[C@H](CC(=O)Cc2nn[nH]n2)B(O)O)[nH]1.CC(=O)c1ccnc(C[C@H](CC(=O)Cc2cccs2)B(O)O)c1.CC(=O)c1cnn(C[C@@H](NC(=O)Cc2ccccc2)B(O)O)c1.CC(=O)c1csc(C[C@@H](CC(=O)Cc2cccs2)B(O)O)n1.O=C(CSC(F)F)N[C@H](Cc1ccc(C(=O)O)[nH]1)B(O)O. The number of Topliss-reactive ketones (excluding diaryl/α,β-unsaturated/α-hetero) is 8. The molecule has 0 saturated carbocycles. The van der Waals surface area contributed by atoms with E-state index in [1.165, 1.54) is 115 Å². The minimum Gasteiger partial charge on any atom is -0.508 e. The van der Waals surface area contributed by atoms with E-state index in [1.54, 1.807) is 41.8 Å². The van der Waals surface area contributed by atoms with Crippen LogP contribution in [-0.4, -0.2) is 256 Å². The Hall–Kier alpha value is -11.5. The second-order valence-electron chi connectivity index (χ2n) is 30.3. The van der Waals surface area contributed by atoms with Crippen LogP contribution in [0.3, 0.4) is 0 Å². The van der Waals surface area contributed by atoms with Crippen LogP contribution < -0.4 is 10.6 Å². The maximum atomic E-state index is 12.1. The smallest absolute Gasteiger partial charge is 0.477 e. The summed E-state index contributed by atoms with van der Waals surface area (Å²) in [6.45, 7) is 9.20. The second kappa shape index (κ2) is 59.4. The number of aliphatic hydroxyl groups excluding tert-OH is 1. The number of rotatable bonds is 47. The lowest BCUT2D eigenvalue weighted by Crippen LogP contribution is -2.49. The number of carboxylic acids is 1. The van der Waals surface area contributed by atoms with Crippen LogP contribution in [0.5, 0.6) is 0 Å². The molecular formula is C84H103B6F2N13O25S5. The molecule has 51 heteroatoms. The molecule has 10 aromatic heterocycles. The Morgan fingerprint density at radius 1 is 0.496 bits per heavy atom. The lowest BCUT2D eigenvalue weighted by atomic mass is 9.67. The van der Waals surface area contributed by atoms with Crippen molar-refractivity contribution >= 4 is 170 Å². The van der Waals surface area contributed by atoms with E-state index in [9.17, 15) is 127 Å². The monoisotopic (exact) mass is 1960 g/mol. The van der Waals surface area contributed by atoms with Crippen molar-refractivity contribution in [3.05, 3.63) is 256 Å². The summed E-state index contributed by atoms with van der Waals surface area (Å²) in [5.41, 5.74) is 5.21. The Morgan fingerprint density at radius 2 is 1.00 bits per heavy atom. The first-order valence-corrected chi connectivity index (χ1v) is 45.6. The predicted molar refractivity (Wildman–Crippen MR) is 507 cm³/mol. The fraction of sp³-hybridized carbons (Fsp3) is 0.333. The third-order valence-corrected chi connectivity index (χ3v) is 23.5. The Labute approximate surface area is 796 Å². The van der Waals surface area contributed by atoms with E-state index in [2.05, 4.69) is 67.9 Å². The Morgan fingerprint density at radius 3 is 1.43 bits per heavy atom. The van der Waals surface area contributed by atoms with Gasteiger partial charge >= 0.3 is 48.7 Å². The van der Waals surface area contributed by atoms with Crippen LogP contribution in [0.25, 0.3) is 5.76 Å². The molecule has 19 N–H and O–H groups in total. The zero-order valence-electron chi connectivity index (χ0n) is 72.7. The molecule has 0 aliphatic carbocycles. The number of nitrogens with one attached hydrogen (secondary N) is 5. The molecule has 0 bridgehead atoms. The molecule has 6 atom stereocenters. The van der Waals surface area contributed by atoms with Gasteiger partial charge in [-0.2, -0.15) is 19.1 Å². The van der Waals surface area contributed by atoms with Gasteiger partial charge < -0.3 is 91.1 Å². The van der Waals surface area contributed by atoms with Crippen LogP contribution in [-0.2, 0) is 99.5 Å². The topological polar surface area (TPSA) is 638 Å². The molecule has 2 amide bonds. The van der Waals surface area contributed by atoms with Gasteiger partial charge in [-0.15, -0.1) is 55.5 Å². The van der Waals surface area contributed by atoms with E-state index in [0.29, 0.717) is 75.1 Å². The van der Waals surface area contributed by atoms with E-state index < -0.39 is 101 Å². The number of carboxylic acid groups (broad SMARTS) is 1. The number of aromatic carboxylic acids is 1. The molecule has 0 saturated heterocycles. The van der Waals surface area contributed by atoms with Crippen molar-refractivity contribution in [2.24, 2.45) is 0 Å². The number of pyridine rings is 2. The predicted octanol–water partition coefficient (Wildman–Crippen LogP) is 5.67. The number of ketones is 8. The van der Waals surface area contributed by atoms with E-state index in [4.69, 9.17) is 5.11 Å². The van der Waals surface area contributed by atoms with Gasteiger partial charge in [-0.3, -0.25) is 62.6 Å². The number of thiazole rings is 1. The quantitative estimate of drug-likeness (QED) is 0.0124. The van der Waals surface area contributed by atoms with Gasteiger partial charge in [0.1, 0.15) is 40.3 Å². The van der Waals surface area contributed by atoms with Crippen molar-refractivity contribution < 1.29 is 132 Å². The maximum Gasteiger partial charge on any atom is 0.477 e. The number of carbonyl (C=O) groups is 11. The van der Waals surface area contributed by atoms with Crippen molar-refractivity contribution in [1.29, 1.82) is 0 Å². The highest BCUT2D eigenvalue weighted by molar-refractivity contribution is 8.00. The number of carbonyl (C=O) groups excluding carboxylic acids is 10. The van der Waals surface area contributed by atoms with Crippen LogP contribution in [0.2, 0.25) is 23.3 Å². The highest BCUT2D eigenvalue weighted by Crippen LogP contribution is 2.28. The Balaban J connectivity index is 0.000000286. The maximum absolute atomic E-state index is 12.1. The number of thiophene rings is 3. The fourth-order valence-electron chi connectivity index (χ4n) is 12.4. The van der Waals surface area contributed by atoms with Gasteiger partial charge in [0.25, 0.3) is 5.76 Å². The molecule has 11 rings (SSSR count). The molecule has 0 aliphatic heterocycles. The van der Waals surface area contributed by atoms with E-state index in [-0.39, 0.29) is 166 Å². The molecule has 0 fully saturated rings. The molecule has 0 unspecified atom stereocenters. The summed E-state index contributed by atoms with van der Waals surface area (Å²) in [5.74, 6) is -10.7. The average Bonchev–Trinajstić information content (AvgIpc) is 1.82. The third-order valence-electron chi connectivity index (χ3n) is 19.3. The van der Waals surface area contributed by atoms with Gasteiger partial charge in [0.2, 0.25) is 11.8 Å². The highest BCUT2D eigenvalue weighted by Gasteiger charge is 2.34. The molecule has 11 aromatic rings. The summed E-state index contributed by atoms with van der Waals surface area (Å²) < 4.78 is 25.3. The van der Waals surface area contributed by atoms with Gasteiger partial charge in [0.15, 0.2) is 29.0 Å². The van der Waals surface area contributed by atoms with Gasteiger partial charge in [-0.25, -0.2) is 9.78 Å². The fourth-order valence-corrected chi connectivity index (χ4v) is 15.9. The number of halogens is 2. The summed E-state index contributed by atoms with van der Waals surface area (Å²) >= 11 is 5.91. The van der Waals surface area contributed by atoms with Gasteiger partial charge in [-0.1, -0.05) is 79.5 Å². The Kier molecular flexibility index (Phi) is 50.2. The van der Waals surface area contributed by atoms with Crippen molar-refractivity contribution in [3.8, 4) is 0 Å². The van der Waals surface area contributed by atoms with Crippen LogP contribution >= 0.6 is 57.1 Å². The zero-order valence-corrected chi connectivity index (χ0v) is 76.8. The minimum absolute atomic E-state index is 0. The number of benzene rings is 1. The zero-order chi connectivity index (χ0) is 98.7. The van der Waals surface area contributed by atoms with Crippen LogP contribution in [0.15, 0.2) is 168 Å². The number of hydrogen-bond acceptors (Lipinski definition) is 36. The summed E-state index contributed by atoms with van der Waals surface area (Å²) in [6, 6.07) is 33.0. The van der Waals surface area contributed by atoms with Crippen LogP contribution in [0.4, 0.5) is 8.78 Å². The number of aromatic nitrogens is 11. The first-order valence-electron chi connectivity index (χ1n) is 41.0. The molecule has 716 valence electrons. The number of alkyl halides is 2. The normalized spacial score (nSPS) is 11.9. The lowest BCUT2D eigenvalue weighted by molar-refractivity contribution is -0.121. The number of amides is 2. The summed E-state index contributed by atoms with van der Waals surface area (Å²) in [4.78, 5) is 148. The number of thioether (sulfide) groups is 1. The van der Waals surface area contributed by atoms with Gasteiger partial charge in [0, 0.05) is 167 Å². The molecule has 10 heterocycles. The number of aliphatic hydroxyl groups is 1. The number of H-pyrrole nitrogens is 3. The molecule has 0 spiro atoms. The first kappa shape index (κ1) is 114. The largest absolute Gasteiger partial charge is 0.508 e. The molecule has 38 nitrogen and oxygen atoms in total. The van der Waals surface area contributed by atoms with E-state index >= 15 is 0 Å². The summed E-state index contributed by atoms with van der Waals surface area (Å²) in [6.07, 6.45) is 7.98. The molecule has 1 aromatic carbocycles. The lowest BCUT2D eigenvalue weighted by Gasteiger charge is -2.17. The van der Waals surface area contributed by atoms with Crippen molar-refractivity contribution in [2.45, 2.75) is 172 Å². The van der Waals surface area contributed by atoms with Crippen LogP contribution in [0.1, 0.15) is 172 Å². The van der Waals surface area contributed by atoms with Gasteiger partial charge in [0.05, 0.1) is 59.5 Å². The minimum atomic E-state index is -2.70. The number of hydrogen-bond donors (Lipinski definition) is 19. The second-order valence-corrected chi connectivity index (χ2v) is 35.3. The average molecular weight is 1960 g/mol. The first-order chi connectivity index (χ1) is 63.6. The van der Waals surface area contributed by atoms with E-state index in [0.717, 1.165) is 20.2 Å². The van der Waals surface area contributed by atoms with Crippen molar-refractivity contribution in [2.75, 3.05) is 5.75 Å². The van der Waals surface area contributed by atoms with Crippen molar-refractivity contribution in [1.82, 2.24) is 66.0 Å². The number of nitrogens with zero attached hydrogens (tertiary/aromatic N) is 8. The van der Waals surface area contributed by atoms with E-state index in [1.807, 2.05) is 82.9 Å². The molecule has 0 aliphatic rings.